The van der Waals surface area contributed by atoms with Gasteiger partial charge < -0.3 is 21.1 Å². The van der Waals surface area contributed by atoms with Crippen molar-refractivity contribution in [2.45, 2.75) is 13.0 Å². The summed E-state index contributed by atoms with van der Waals surface area (Å²) in [5, 5.41) is 0. The summed E-state index contributed by atoms with van der Waals surface area (Å²) in [6, 6.07) is 3.19. The van der Waals surface area contributed by atoms with Gasteiger partial charge in [0.05, 0.1) is 18.4 Å². The molecule has 6 heteroatoms. The average molecular weight is 236 g/mol. The molecule has 4 N–H and O–H groups in total. The van der Waals surface area contributed by atoms with Crippen LogP contribution in [0, 0.1) is 0 Å². The first-order valence-electron chi connectivity index (χ1n) is 5.51. The van der Waals surface area contributed by atoms with E-state index in [0.717, 1.165) is 0 Å². The fourth-order valence-corrected chi connectivity index (χ4v) is 1.86. The maximum Gasteiger partial charge on any atom is 0.267 e. The van der Waals surface area contributed by atoms with Crippen molar-refractivity contribution >= 4 is 17.4 Å². The number of anilines is 2. The van der Waals surface area contributed by atoms with E-state index in [1.807, 2.05) is 11.8 Å². The zero-order chi connectivity index (χ0) is 12.4. The number of nitrogen functional groups attached to an aromatic ring is 1. The van der Waals surface area contributed by atoms with Gasteiger partial charge in [-0.25, -0.2) is 4.98 Å². The Bertz CT molecular complexity index is 435. The van der Waals surface area contributed by atoms with E-state index in [4.69, 9.17) is 16.2 Å². The second-order valence-electron chi connectivity index (χ2n) is 4.10. The lowest BCUT2D eigenvalue weighted by atomic mass is 10.2. The van der Waals surface area contributed by atoms with Crippen LogP contribution in [0.4, 0.5) is 11.5 Å². The van der Waals surface area contributed by atoms with Crippen LogP contribution in [-0.2, 0) is 4.74 Å². The molecule has 0 radical (unpaired) electrons. The fraction of sp³-hybridized carbons (Fsp3) is 0.455. The highest BCUT2D eigenvalue weighted by Crippen LogP contribution is 2.22. The number of aromatic nitrogens is 1. The van der Waals surface area contributed by atoms with Crippen molar-refractivity contribution in [1.29, 1.82) is 0 Å². The molecule has 6 nitrogen and oxygen atoms in total. The van der Waals surface area contributed by atoms with Gasteiger partial charge in [-0.2, -0.15) is 0 Å². The minimum Gasteiger partial charge on any atom is -0.396 e. The number of amides is 1. The van der Waals surface area contributed by atoms with Crippen LogP contribution in [0.25, 0.3) is 0 Å². The molecular weight excluding hydrogens is 220 g/mol. The first-order chi connectivity index (χ1) is 8.08. The predicted molar refractivity (Wildman–Crippen MR) is 64.8 cm³/mol. The molecule has 0 aromatic carbocycles. The van der Waals surface area contributed by atoms with E-state index in [9.17, 15) is 4.79 Å². The minimum absolute atomic E-state index is 0.127. The van der Waals surface area contributed by atoms with Gasteiger partial charge in [-0.05, 0) is 19.1 Å². The standard InChI is InChI=1S/C11H16N4O2/c1-7-6-15(4-5-17-7)11-8(12)2-3-9(14-11)10(13)16/h2-3,7H,4-6,12H2,1H3,(H2,13,16). The molecule has 1 unspecified atom stereocenters. The van der Waals surface area contributed by atoms with Crippen LogP contribution in [0.3, 0.4) is 0 Å². The number of hydrogen-bond donors (Lipinski definition) is 2. The maximum absolute atomic E-state index is 11.1. The lowest BCUT2D eigenvalue weighted by Crippen LogP contribution is -2.42. The Morgan fingerprint density at radius 1 is 1.59 bits per heavy atom. The summed E-state index contributed by atoms with van der Waals surface area (Å²) < 4.78 is 5.45. The molecule has 1 atom stereocenters. The normalized spacial score (nSPS) is 20.3. The SMILES string of the molecule is CC1CN(c2nc(C(N)=O)ccc2N)CCO1. The molecule has 1 aromatic heterocycles. The molecule has 1 saturated heterocycles. The zero-order valence-corrected chi connectivity index (χ0v) is 9.72. The number of carbonyl (C=O) groups is 1. The highest BCUT2D eigenvalue weighted by Gasteiger charge is 2.20. The summed E-state index contributed by atoms with van der Waals surface area (Å²) >= 11 is 0. The quantitative estimate of drug-likeness (QED) is 0.753. The van der Waals surface area contributed by atoms with Crippen molar-refractivity contribution < 1.29 is 9.53 Å². The van der Waals surface area contributed by atoms with Gasteiger partial charge >= 0.3 is 0 Å². The molecule has 1 aromatic rings. The lowest BCUT2D eigenvalue weighted by Gasteiger charge is -2.32. The van der Waals surface area contributed by atoms with Crippen molar-refractivity contribution in [2.75, 3.05) is 30.3 Å². The Labute approximate surface area is 99.5 Å². The second kappa shape index (κ2) is 4.58. The van der Waals surface area contributed by atoms with E-state index >= 15 is 0 Å². The third kappa shape index (κ3) is 2.47. The van der Waals surface area contributed by atoms with Gasteiger partial charge in [0, 0.05) is 13.1 Å². The van der Waals surface area contributed by atoms with Crippen LogP contribution >= 0.6 is 0 Å². The van der Waals surface area contributed by atoms with E-state index < -0.39 is 5.91 Å². The molecule has 1 aliphatic rings. The van der Waals surface area contributed by atoms with E-state index in [0.29, 0.717) is 31.2 Å². The predicted octanol–water partition coefficient (Wildman–Crippen LogP) is -0.0122. The highest BCUT2D eigenvalue weighted by atomic mass is 16.5. The molecule has 17 heavy (non-hydrogen) atoms. The highest BCUT2D eigenvalue weighted by molar-refractivity contribution is 5.91. The van der Waals surface area contributed by atoms with Crippen molar-refractivity contribution in [3.63, 3.8) is 0 Å². The smallest absolute Gasteiger partial charge is 0.267 e. The van der Waals surface area contributed by atoms with E-state index in [-0.39, 0.29) is 11.8 Å². The Hall–Kier alpha value is -1.82. The van der Waals surface area contributed by atoms with Gasteiger partial charge in [-0.15, -0.1) is 0 Å². The van der Waals surface area contributed by atoms with Gasteiger partial charge in [0.15, 0.2) is 5.82 Å². The number of hydrogen-bond acceptors (Lipinski definition) is 5. The molecule has 0 aliphatic carbocycles. The van der Waals surface area contributed by atoms with Crippen LogP contribution in [0.15, 0.2) is 12.1 Å². The van der Waals surface area contributed by atoms with Crippen molar-refractivity contribution in [3.8, 4) is 0 Å². The number of ether oxygens (including phenoxy) is 1. The average Bonchev–Trinajstić information content (AvgIpc) is 2.29. The van der Waals surface area contributed by atoms with Crippen LogP contribution in [0.2, 0.25) is 0 Å². The zero-order valence-electron chi connectivity index (χ0n) is 9.72. The van der Waals surface area contributed by atoms with Gasteiger partial charge in [0.2, 0.25) is 0 Å². The van der Waals surface area contributed by atoms with E-state index in [1.165, 1.54) is 6.07 Å². The molecule has 1 aliphatic heterocycles. The molecule has 0 bridgehead atoms. The summed E-state index contributed by atoms with van der Waals surface area (Å²) in [6.07, 6.45) is 0.127. The van der Waals surface area contributed by atoms with Gasteiger partial charge in [-0.1, -0.05) is 0 Å². The summed E-state index contributed by atoms with van der Waals surface area (Å²) in [6.45, 7) is 4.03. The van der Waals surface area contributed by atoms with Crippen LogP contribution in [-0.4, -0.2) is 36.7 Å². The van der Waals surface area contributed by atoms with Gasteiger partial charge in [-0.3, -0.25) is 4.79 Å². The second-order valence-corrected chi connectivity index (χ2v) is 4.10. The maximum atomic E-state index is 11.1. The fourth-order valence-electron chi connectivity index (χ4n) is 1.86. The molecule has 2 heterocycles. The summed E-state index contributed by atoms with van der Waals surface area (Å²) in [7, 11) is 0. The summed E-state index contributed by atoms with van der Waals surface area (Å²) in [4.78, 5) is 17.3. The Morgan fingerprint density at radius 3 is 3.00 bits per heavy atom. The number of primary amides is 1. The molecule has 0 saturated carbocycles. The van der Waals surface area contributed by atoms with Gasteiger partial charge in [0.25, 0.3) is 5.91 Å². The largest absolute Gasteiger partial charge is 0.396 e. The topological polar surface area (TPSA) is 94.5 Å². The number of rotatable bonds is 2. The third-order valence-corrected chi connectivity index (χ3v) is 2.70. The monoisotopic (exact) mass is 236 g/mol. The Kier molecular flexibility index (Phi) is 3.14. The number of morpholine rings is 1. The summed E-state index contributed by atoms with van der Waals surface area (Å²) in [5.74, 6) is 0.0593. The van der Waals surface area contributed by atoms with Crippen LogP contribution < -0.4 is 16.4 Å². The number of nitrogens with two attached hydrogens (primary N) is 2. The third-order valence-electron chi connectivity index (χ3n) is 2.70. The first kappa shape index (κ1) is 11.7. The van der Waals surface area contributed by atoms with Crippen molar-refractivity contribution in [1.82, 2.24) is 4.98 Å². The first-order valence-corrected chi connectivity index (χ1v) is 5.51. The van der Waals surface area contributed by atoms with Crippen molar-refractivity contribution in [3.05, 3.63) is 17.8 Å². The molecular formula is C11H16N4O2. The Balaban J connectivity index is 2.29. The van der Waals surface area contributed by atoms with E-state index in [2.05, 4.69) is 4.98 Å². The Morgan fingerprint density at radius 2 is 2.35 bits per heavy atom. The molecule has 2 rings (SSSR count). The number of carbonyl (C=O) groups excluding carboxylic acids is 1. The molecule has 0 spiro atoms. The van der Waals surface area contributed by atoms with Crippen molar-refractivity contribution in [2.24, 2.45) is 5.73 Å². The summed E-state index contributed by atoms with van der Waals surface area (Å²) in [5.41, 5.74) is 11.8. The molecule has 92 valence electrons. The molecule has 1 amide bonds. The minimum atomic E-state index is -0.549. The van der Waals surface area contributed by atoms with Crippen LogP contribution in [0.5, 0.6) is 0 Å². The molecule has 1 fully saturated rings. The van der Waals surface area contributed by atoms with Gasteiger partial charge in [0.1, 0.15) is 5.69 Å². The van der Waals surface area contributed by atoms with Crippen LogP contribution in [0.1, 0.15) is 17.4 Å². The van der Waals surface area contributed by atoms with E-state index in [1.54, 1.807) is 6.07 Å². The number of nitrogens with zero attached hydrogens (tertiary/aromatic N) is 2. The lowest BCUT2D eigenvalue weighted by molar-refractivity contribution is 0.0530. The number of pyridine rings is 1.